The zero-order valence-corrected chi connectivity index (χ0v) is 15.1. The van der Waals surface area contributed by atoms with Gasteiger partial charge in [-0.05, 0) is 31.2 Å². The van der Waals surface area contributed by atoms with Crippen molar-refractivity contribution in [1.82, 2.24) is 24.5 Å². The van der Waals surface area contributed by atoms with E-state index in [-0.39, 0.29) is 5.56 Å². The molecule has 0 radical (unpaired) electrons. The molecule has 5 aromatic rings. The van der Waals surface area contributed by atoms with E-state index < -0.39 is 0 Å². The largest absolute Gasteiger partial charge is 0.353 e. The van der Waals surface area contributed by atoms with E-state index in [2.05, 4.69) is 19.9 Å². The summed E-state index contributed by atoms with van der Waals surface area (Å²) in [5.74, 6) is 0. The molecule has 0 aliphatic heterocycles. The first-order valence-electron chi connectivity index (χ1n) is 8.39. The molecule has 132 valence electrons. The van der Waals surface area contributed by atoms with Crippen LogP contribution >= 0.6 is 11.6 Å². The average molecular weight is 376 g/mol. The summed E-state index contributed by atoms with van der Waals surface area (Å²) in [7, 11) is 0. The number of aromatic nitrogens is 5. The Hall–Kier alpha value is -3.38. The second-order valence-corrected chi connectivity index (χ2v) is 6.86. The van der Waals surface area contributed by atoms with Crippen LogP contribution in [0.1, 0.15) is 5.56 Å². The monoisotopic (exact) mass is 375 g/mol. The maximum atomic E-state index is 12.6. The molecule has 0 bridgehead atoms. The van der Waals surface area contributed by atoms with Crippen molar-refractivity contribution in [2.24, 2.45) is 0 Å². The van der Waals surface area contributed by atoms with Crippen LogP contribution in [0.4, 0.5) is 0 Å². The van der Waals surface area contributed by atoms with Gasteiger partial charge in [-0.1, -0.05) is 11.6 Å². The number of imidazole rings is 1. The Bertz CT molecular complexity index is 1360. The molecule has 6 nitrogen and oxygen atoms in total. The molecule has 0 unspecified atom stereocenters. The molecule has 0 spiro atoms. The van der Waals surface area contributed by atoms with E-state index in [4.69, 9.17) is 11.6 Å². The predicted molar refractivity (Wildman–Crippen MR) is 107 cm³/mol. The van der Waals surface area contributed by atoms with Gasteiger partial charge in [-0.3, -0.25) is 9.78 Å². The Morgan fingerprint density at radius 3 is 2.78 bits per heavy atom. The number of pyridine rings is 2. The minimum Gasteiger partial charge on any atom is -0.353 e. The van der Waals surface area contributed by atoms with Crippen molar-refractivity contribution in [3.05, 3.63) is 76.3 Å². The lowest BCUT2D eigenvalue weighted by atomic mass is 10.0. The minimum atomic E-state index is -0.133. The van der Waals surface area contributed by atoms with Gasteiger partial charge in [-0.2, -0.15) is 0 Å². The number of benzene rings is 1. The van der Waals surface area contributed by atoms with Crippen LogP contribution in [0.25, 0.3) is 38.8 Å². The lowest BCUT2D eigenvalue weighted by molar-refractivity contribution is 1.04. The number of nitrogens with one attached hydrogen (secondary N) is 2. The average Bonchev–Trinajstić information content (AvgIpc) is 3.31. The van der Waals surface area contributed by atoms with E-state index >= 15 is 0 Å². The maximum Gasteiger partial charge on any atom is 0.252 e. The molecular weight excluding hydrogens is 362 g/mol. The van der Waals surface area contributed by atoms with Crippen LogP contribution in [0.2, 0.25) is 5.02 Å². The Morgan fingerprint density at radius 2 is 1.96 bits per heavy atom. The van der Waals surface area contributed by atoms with Crippen LogP contribution in [0.15, 0.2) is 60.2 Å². The minimum absolute atomic E-state index is 0.133. The Balaban J connectivity index is 1.85. The Kier molecular flexibility index (Phi) is 3.42. The molecule has 0 saturated carbocycles. The molecule has 0 saturated heterocycles. The van der Waals surface area contributed by atoms with Gasteiger partial charge < -0.3 is 14.5 Å². The zero-order chi connectivity index (χ0) is 18.5. The molecule has 1 aromatic carbocycles. The molecule has 27 heavy (non-hydrogen) atoms. The van der Waals surface area contributed by atoms with Crippen LogP contribution in [0.5, 0.6) is 0 Å². The topological polar surface area (TPSA) is 79.4 Å². The number of H-pyrrole nitrogens is 2. The maximum absolute atomic E-state index is 12.6. The van der Waals surface area contributed by atoms with Crippen molar-refractivity contribution >= 4 is 33.5 Å². The van der Waals surface area contributed by atoms with Crippen LogP contribution in [-0.2, 0) is 0 Å². The first-order chi connectivity index (χ1) is 13.1. The van der Waals surface area contributed by atoms with E-state index in [0.29, 0.717) is 10.6 Å². The second-order valence-electron chi connectivity index (χ2n) is 6.42. The predicted octanol–water partition coefficient (Wildman–Crippen LogP) is 4.22. The van der Waals surface area contributed by atoms with Gasteiger partial charge in [0.15, 0.2) is 0 Å². The molecule has 0 aliphatic carbocycles. The van der Waals surface area contributed by atoms with Crippen molar-refractivity contribution < 1.29 is 0 Å². The molecule has 0 fully saturated rings. The number of nitrogens with zero attached hydrogens (tertiary/aromatic N) is 3. The lowest BCUT2D eigenvalue weighted by Gasteiger charge is -2.09. The van der Waals surface area contributed by atoms with Gasteiger partial charge in [-0.25, -0.2) is 4.98 Å². The summed E-state index contributed by atoms with van der Waals surface area (Å²) in [5, 5.41) is 1.50. The number of rotatable bonds is 2. The molecule has 5 rings (SSSR count). The standard InChI is InChI=1S/C20H14ClN5O/c1-11-17(12-6-14(9-23-8-12)26-5-4-22-10-26)19-18(25-20(11)27)15-7-13(21)2-3-16(15)24-19/h2-10,24H,1H3,(H,25,27). The molecule has 7 heteroatoms. The smallest absolute Gasteiger partial charge is 0.252 e. The highest BCUT2D eigenvalue weighted by Gasteiger charge is 2.16. The van der Waals surface area contributed by atoms with Gasteiger partial charge in [0, 0.05) is 51.2 Å². The summed E-state index contributed by atoms with van der Waals surface area (Å²) in [6, 6.07) is 7.58. The van der Waals surface area contributed by atoms with Gasteiger partial charge in [0.1, 0.15) is 0 Å². The van der Waals surface area contributed by atoms with Crippen molar-refractivity contribution in [3.63, 3.8) is 0 Å². The third-order valence-corrected chi connectivity index (χ3v) is 5.01. The molecule has 4 aromatic heterocycles. The van der Waals surface area contributed by atoms with Crippen LogP contribution < -0.4 is 5.56 Å². The van der Waals surface area contributed by atoms with Crippen molar-refractivity contribution in [1.29, 1.82) is 0 Å². The first-order valence-corrected chi connectivity index (χ1v) is 8.77. The fourth-order valence-corrected chi connectivity index (χ4v) is 3.64. The molecule has 2 N–H and O–H groups in total. The number of hydrogen-bond donors (Lipinski definition) is 2. The fourth-order valence-electron chi connectivity index (χ4n) is 3.47. The Labute approximate surface area is 158 Å². The lowest BCUT2D eigenvalue weighted by Crippen LogP contribution is -2.11. The van der Waals surface area contributed by atoms with E-state index in [1.165, 1.54) is 0 Å². The molecule has 4 heterocycles. The third-order valence-electron chi connectivity index (χ3n) is 4.78. The van der Waals surface area contributed by atoms with Crippen molar-refractivity contribution in [2.75, 3.05) is 0 Å². The third kappa shape index (κ3) is 2.45. The summed E-state index contributed by atoms with van der Waals surface area (Å²) in [6.07, 6.45) is 8.80. The number of halogens is 1. The van der Waals surface area contributed by atoms with Gasteiger partial charge in [0.05, 0.1) is 29.2 Å². The quantitative estimate of drug-likeness (QED) is 0.485. The van der Waals surface area contributed by atoms with E-state index in [1.54, 1.807) is 24.9 Å². The number of aromatic amines is 2. The molecule has 0 aliphatic rings. The summed E-state index contributed by atoms with van der Waals surface area (Å²) >= 11 is 6.16. The highest BCUT2D eigenvalue weighted by Crippen LogP contribution is 2.34. The zero-order valence-electron chi connectivity index (χ0n) is 14.3. The van der Waals surface area contributed by atoms with Crippen molar-refractivity contribution in [3.8, 4) is 16.8 Å². The van der Waals surface area contributed by atoms with Crippen LogP contribution in [0, 0.1) is 6.92 Å². The van der Waals surface area contributed by atoms with E-state index in [1.807, 2.05) is 42.0 Å². The van der Waals surface area contributed by atoms with Crippen molar-refractivity contribution in [2.45, 2.75) is 6.92 Å². The Morgan fingerprint density at radius 1 is 1.07 bits per heavy atom. The second kappa shape index (κ2) is 5.82. The van der Waals surface area contributed by atoms with Crippen LogP contribution in [-0.4, -0.2) is 24.5 Å². The van der Waals surface area contributed by atoms with Crippen LogP contribution in [0.3, 0.4) is 0 Å². The fraction of sp³-hybridized carbons (Fsp3) is 0.0500. The summed E-state index contributed by atoms with van der Waals surface area (Å²) in [4.78, 5) is 27.5. The summed E-state index contributed by atoms with van der Waals surface area (Å²) < 4.78 is 1.88. The highest BCUT2D eigenvalue weighted by atomic mass is 35.5. The molecule has 0 atom stereocenters. The highest BCUT2D eigenvalue weighted by molar-refractivity contribution is 6.31. The SMILES string of the molecule is Cc1c(-c2cncc(-n3ccnc3)c2)c2[nH]c3ccc(Cl)cc3c2[nH]c1=O. The number of fused-ring (bicyclic) bond motifs is 3. The van der Waals surface area contributed by atoms with E-state index in [9.17, 15) is 4.79 Å². The first kappa shape index (κ1) is 15.8. The van der Waals surface area contributed by atoms with Gasteiger partial charge in [0.25, 0.3) is 5.56 Å². The van der Waals surface area contributed by atoms with Gasteiger partial charge in [-0.15, -0.1) is 0 Å². The summed E-state index contributed by atoms with van der Waals surface area (Å²) in [6.45, 7) is 1.82. The molecular formula is C20H14ClN5O. The van der Waals surface area contributed by atoms with Gasteiger partial charge in [0.2, 0.25) is 0 Å². The van der Waals surface area contributed by atoms with Gasteiger partial charge >= 0.3 is 0 Å². The normalized spacial score (nSPS) is 11.5. The summed E-state index contributed by atoms with van der Waals surface area (Å²) in [5.41, 5.74) is 5.56. The molecule has 0 amide bonds. The number of hydrogen-bond acceptors (Lipinski definition) is 3. The van der Waals surface area contributed by atoms with E-state index in [0.717, 1.165) is 38.8 Å².